The van der Waals surface area contributed by atoms with Gasteiger partial charge in [-0.15, -0.1) is 0 Å². The minimum absolute atomic E-state index is 0.0760. The Hall–Kier alpha value is -1.93. The lowest BCUT2D eigenvalue weighted by Crippen LogP contribution is -2.29. The molecule has 0 radical (unpaired) electrons. The van der Waals surface area contributed by atoms with Crippen LogP contribution in [0.5, 0.6) is 0 Å². The van der Waals surface area contributed by atoms with E-state index in [1.54, 1.807) is 7.11 Å². The first-order chi connectivity index (χ1) is 8.24. The molecule has 5 N–H and O–H groups in total. The van der Waals surface area contributed by atoms with Gasteiger partial charge >= 0.3 is 0 Å². The minimum Gasteiger partial charge on any atom is -0.394 e. The highest BCUT2D eigenvalue weighted by molar-refractivity contribution is 5.83. The first-order valence-corrected chi connectivity index (χ1v) is 5.07. The second-order valence-corrected chi connectivity index (χ2v) is 3.51. The standard InChI is InChI=1S/C9H14N6O2/c1-17-3-5(2-16)13-8-6-7(12-4-11-6)14-9(10)15-8/h4-5,16H,2-3H2,1H3,(H4,10,11,12,13,14,15). The van der Waals surface area contributed by atoms with Crippen LogP contribution in [0.2, 0.25) is 0 Å². The van der Waals surface area contributed by atoms with E-state index in [1.807, 2.05) is 0 Å². The number of fused-ring (bicyclic) bond motifs is 1. The van der Waals surface area contributed by atoms with Gasteiger partial charge in [0, 0.05) is 7.11 Å². The highest BCUT2D eigenvalue weighted by atomic mass is 16.5. The first kappa shape index (κ1) is 11.6. The molecule has 2 rings (SSSR count). The maximum Gasteiger partial charge on any atom is 0.224 e. The van der Waals surface area contributed by atoms with E-state index in [0.29, 0.717) is 23.6 Å². The monoisotopic (exact) mass is 238 g/mol. The summed E-state index contributed by atoms with van der Waals surface area (Å²) in [7, 11) is 1.56. The molecule has 0 spiro atoms. The van der Waals surface area contributed by atoms with Crippen molar-refractivity contribution in [3.8, 4) is 0 Å². The smallest absolute Gasteiger partial charge is 0.224 e. The topological polar surface area (TPSA) is 122 Å². The van der Waals surface area contributed by atoms with Crippen molar-refractivity contribution in [1.82, 2.24) is 19.9 Å². The average molecular weight is 238 g/mol. The second kappa shape index (κ2) is 4.93. The molecule has 0 saturated carbocycles. The molecular weight excluding hydrogens is 224 g/mol. The highest BCUT2D eigenvalue weighted by Crippen LogP contribution is 2.17. The van der Waals surface area contributed by atoms with Crippen molar-refractivity contribution in [2.45, 2.75) is 6.04 Å². The Bertz CT molecular complexity index is 499. The van der Waals surface area contributed by atoms with Gasteiger partial charge in [-0.1, -0.05) is 0 Å². The zero-order valence-electron chi connectivity index (χ0n) is 9.34. The number of aromatic nitrogens is 4. The number of H-pyrrole nitrogens is 1. The summed E-state index contributed by atoms with van der Waals surface area (Å²) in [6, 6.07) is -0.263. The number of nitrogens with zero attached hydrogens (tertiary/aromatic N) is 3. The van der Waals surface area contributed by atoms with Gasteiger partial charge in [0.25, 0.3) is 0 Å². The molecule has 92 valence electrons. The summed E-state index contributed by atoms with van der Waals surface area (Å²) < 4.78 is 4.97. The van der Waals surface area contributed by atoms with Crippen molar-refractivity contribution < 1.29 is 9.84 Å². The fraction of sp³-hybridized carbons (Fsp3) is 0.444. The first-order valence-electron chi connectivity index (χ1n) is 5.07. The van der Waals surface area contributed by atoms with Gasteiger partial charge in [0.15, 0.2) is 11.5 Å². The van der Waals surface area contributed by atoms with E-state index in [9.17, 15) is 0 Å². The highest BCUT2D eigenvalue weighted by Gasteiger charge is 2.13. The summed E-state index contributed by atoms with van der Waals surface area (Å²) >= 11 is 0. The molecule has 0 fully saturated rings. The van der Waals surface area contributed by atoms with Gasteiger partial charge in [-0.25, -0.2) is 4.98 Å². The maximum absolute atomic E-state index is 9.17. The van der Waals surface area contributed by atoms with E-state index < -0.39 is 0 Å². The summed E-state index contributed by atoms with van der Waals surface area (Å²) in [5, 5.41) is 12.2. The van der Waals surface area contributed by atoms with Crippen molar-refractivity contribution in [3.63, 3.8) is 0 Å². The van der Waals surface area contributed by atoms with Crippen LogP contribution < -0.4 is 11.1 Å². The third-order valence-electron chi connectivity index (χ3n) is 2.23. The van der Waals surface area contributed by atoms with Crippen LogP contribution in [-0.2, 0) is 4.74 Å². The molecule has 0 bridgehead atoms. The van der Waals surface area contributed by atoms with E-state index in [1.165, 1.54) is 6.33 Å². The molecule has 17 heavy (non-hydrogen) atoms. The Labute approximate surface area is 97.2 Å². The average Bonchev–Trinajstić information content (AvgIpc) is 2.76. The number of methoxy groups -OCH3 is 1. The number of aliphatic hydroxyl groups is 1. The SMILES string of the molecule is COCC(CO)Nc1nc(N)nc2nc[nH]c12. The van der Waals surface area contributed by atoms with Crippen molar-refractivity contribution in [3.05, 3.63) is 6.33 Å². The number of aromatic amines is 1. The molecule has 0 aliphatic rings. The largest absolute Gasteiger partial charge is 0.394 e. The van der Waals surface area contributed by atoms with Crippen LogP contribution in [0.25, 0.3) is 11.2 Å². The summed E-state index contributed by atoms with van der Waals surface area (Å²) in [6.07, 6.45) is 1.51. The number of imidazole rings is 1. The predicted molar refractivity (Wildman–Crippen MR) is 62.5 cm³/mol. The van der Waals surface area contributed by atoms with Gasteiger partial charge in [-0.05, 0) is 0 Å². The lowest BCUT2D eigenvalue weighted by Gasteiger charge is -2.16. The Kier molecular flexibility index (Phi) is 3.35. The van der Waals surface area contributed by atoms with Gasteiger partial charge in [0.2, 0.25) is 5.95 Å². The number of ether oxygens (including phenoxy) is 1. The van der Waals surface area contributed by atoms with Gasteiger partial charge in [-0.3, -0.25) is 0 Å². The van der Waals surface area contributed by atoms with E-state index in [4.69, 9.17) is 15.6 Å². The molecule has 0 amide bonds. The maximum atomic E-state index is 9.17. The minimum atomic E-state index is -0.263. The zero-order valence-corrected chi connectivity index (χ0v) is 9.34. The van der Waals surface area contributed by atoms with Crippen molar-refractivity contribution in [2.24, 2.45) is 0 Å². The Morgan fingerprint density at radius 3 is 3.12 bits per heavy atom. The number of aliphatic hydroxyl groups excluding tert-OH is 1. The summed E-state index contributed by atoms with van der Waals surface area (Å²) in [4.78, 5) is 14.9. The number of nitrogens with two attached hydrogens (primary N) is 1. The molecule has 0 aliphatic carbocycles. The summed E-state index contributed by atoms with van der Waals surface area (Å²) in [5.74, 6) is 0.627. The van der Waals surface area contributed by atoms with Crippen LogP contribution in [0.15, 0.2) is 6.33 Å². The quantitative estimate of drug-likeness (QED) is 0.546. The fourth-order valence-electron chi connectivity index (χ4n) is 1.49. The zero-order chi connectivity index (χ0) is 12.3. The molecule has 0 aromatic carbocycles. The number of hydrogen-bond donors (Lipinski definition) is 4. The summed E-state index contributed by atoms with van der Waals surface area (Å²) in [5.41, 5.74) is 6.69. The van der Waals surface area contributed by atoms with Crippen molar-refractivity contribution in [2.75, 3.05) is 31.4 Å². The van der Waals surface area contributed by atoms with Crippen LogP contribution in [0.3, 0.4) is 0 Å². The molecule has 2 aromatic rings. The third kappa shape index (κ3) is 2.43. The number of nitrogen functional groups attached to an aromatic ring is 1. The van der Waals surface area contributed by atoms with E-state index in [-0.39, 0.29) is 18.6 Å². The fourth-order valence-corrected chi connectivity index (χ4v) is 1.49. The Balaban J connectivity index is 2.30. The molecule has 2 heterocycles. The van der Waals surface area contributed by atoms with E-state index >= 15 is 0 Å². The van der Waals surface area contributed by atoms with Crippen LogP contribution in [0.1, 0.15) is 0 Å². The molecule has 0 saturated heterocycles. The van der Waals surface area contributed by atoms with E-state index in [0.717, 1.165) is 0 Å². The molecule has 0 aliphatic heterocycles. The number of nitrogens with one attached hydrogen (secondary N) is 2. The molecule has 8 nitrogen and oxygen atoms in total. The molecule has 2 aromatic heterocycles. The lowest BCUT2D eigenvalue weighted by atomic mass is 10.3. The second-order valence-electron chi connectivity index (χ2n) is 3.51. The van der Waals surface area contributed by atoms with Crippen molar-refractivity contribution in [1.29, 1.82) is 0 Å². The normalized spacial score (nSPS) is 12.8. The predicted octanol–water partition coefficient (Wildman–Crippen LogP) is -0.646. The van der Waals surface area contributed by atoms with E-state index in [2.05, 4.69) is 25.3 Å². The Morgan fingerprint density at radius 1 is 1.59 bits per heavy atom. The number of anilines is 2. The van der Waals surface area contributed by atoms with Crippen LogP contribution in [0.4, 0.5) is 11.8 Å². The summed E-state index contributed by atoms with van der Waals surface area (Å²) in [6.45, 7) is 0.281. The van der Waals surface area contributed by atoms with Crippen molar-refractivity contribution >= 4 is 22.9 Å². The Morgan fingerprint density at radius 2 is 2.41 bits per heavy atom. The molecule has 1 unspecified atom stereocenters. The van der Waals surface area contributed by atoms with Gasteiger partial charge < -0.3 is 25.9 Å². The third-order valence-corrected chi connectivity index (χ3v) is 2.23. The molecule has 1 atom stereocenters. The van der Waals surface area contributed by atoms with Crippen LogP contribution in [-0.4, -0.2) is 51.4 Å². The van der Waals surface area contributed by atoms with Gasteiger partial charge in [-0.2, -0.15) is 9.97 Å². The van der Waals surface area contributed by atoms with Gasteiger partial charge in [0.05, 0.1) is 25.6 Å². The number of hydrogen-bond acceptors (Lipinski definition) is 7. The molecule has 8 heteroatoms. The van der Waals surface area contributed by atoms with Crippen LogP contribution in [0, 0.1) is 0 Å². The number of rotatable bonds is 5. The lowest BCUT2D eigenvalue weighted by molar-refractivity contribution is 0.153. The van der Waals surface area contributed by atoms with Crippen LogP contribution >= 0.6 is 0 Å². The molecular formula is C9H14N6O2. The van der Waals surface area contributed by atoms with Gasteiger partial charge in [0.1, 0.15) is 5.52 Å².